The highest BCUT2D eigenvalue weighted by Gasteiger charge is 2.57. The second-order valence-electron chi connectivity index (χ2n) is 7.51. The normalized spacial score (nSPS) is 27.3. The molecule has 2 saturated heterocycles. The first-order valence-electron chi connectivity index (χ1n) is 10.2. The van der Waals surface area contributed by atoms with Crippen molar-refractivity contribution in [3.05, 3.63) is 71.8 Å². The van der Waals surface area contributed by atoms with Crippen molar-refractivity contribution in [2.75, 3.05) is 6.61 Å². The third kappa shape index (κ3) is 5.42. The van der Waals surface area contributed by atoms with Gasteiger partial charge in [0, 0.05) is 6.92 Å². The van der Waals surface area contributed by atoms with Crippen molar-refractivity contribution in [1.29, 1.82) is 0 Å². The molecule has 34 heavy (non-hydrogen) atoms. The van der Waals surface area contributed by atoms with Gasteiger partial charge in [0.1, 0.15) is 24.9 Å². The lowest BCUT2D eigenvalue weighted by Gasteiger charge is -2.47. The van der Waals surface area contributed by atoms with Gasteiger partial charge < -0.3 is 18.9 Å². The Morgan fingerprint density at radius 1 is 0.912 bits per heavy atom. The van der Waals surface area contributed by atoms with Crippen molar-refractivity contribution in [3.63, 3.8) is 0 Å². The van der Waals surface area contributed by atoms with Crippen LogP contribution >= 0.6 is 0 Å². The van der Waals surface area contributed by atoms with E-state index in [0.29, 0.717) is 0 Å². The molecular formula is C22H21NO10S. The van der Waals surface area contributed by atoms with Gasteiger partial charge in [-0.15, -0.1) is 0 Å². The van der Waals surface area contributed by atoms with Crippen LogP contribution in [0.5, 0.6) is 0 Å². The van der Waals surface area contributed by atoms with Gasteiger partial charge in [0.2, 0.25) is 6.29 Å². The van der Waals surface area contributed by atoms with Gasteiger partial charge in [0.05, 0.1) is 11.1 Å². The van der Waals surface area contributed by atoms with Gasteiger partial charge in [-0.25, -0.2) is 13.8 Å². The quantitative estimate of drug-likeness (QED) is 0.458. The minimum Gasteiger partial charge on any atom is -0.459 e. The van der Waals surface area contributed by atoms with Crippen LogP contribution in [0.25, 0.3) is 0 Å². The zero-order chi connectivity index (χ0) is 24.3. The van der Waals surface area contributed by atoms with Crippen LogP contribution in [0.15, 0.2) is 60.7 Å². The van der Waals surface area contributed by atoms with Crippen molar-refractivity contribution < 1.29 is 45.9 Å². The van der Waals surface area contributed by atoms with E-state index in [9.17, 15) is 22.8 Å². The average Bonchev–Trinajstić information content (AvgIpc) is 2.81. The van der Waals surface area contributed by atoms with E-state index in [1.807, 2.05) is 0 Å². The Kier molecular flexibility index (Phi) is 6.93. The highest BCUT2D eigenvalue weighted by Crippen LogP contribution is 2.32. The van der Waals surface area contributed by atoms with Gasteiger partial charge in [-0.2, -0.15) is 13.1 Å². The fourth-order valence-corrected chi connectivity index (χ4v) is 4.77. The number of hydrogen-bond donors (Lipinski definition) is 1. The van der Waals surface area contributed by atoms with Crippen LogP contribution in [0, 0.1) is 0 Å². The first-order valence-corrected chi connectivity index (χ1v) is 11.7. The highest BCUT2D eigenvalue weighted by molar-refractivity contribution is 7.84. The summed E-state index contributed by atoms with van der Waals surface area (Å²) < 4.78 is 53.6. The van der Waals surface area contributed by atoms with Gasteiger partial charge in [-0.05, 0) is 24.3 Å². The minimum atomic E-state index is -4.32. The fourth-order valence-electron chi connectivity index (χ4n) is 3.61. The zero-order valence-electron chi connectivity index (χ0n) is 17.9. The molecule has 2 aromatic carbocycles. The summed E-state index contributed by atoms with van der Waals surface area (Å²) in [6.45, 7) is 0.649. The number of fused-ring (bicyclic) bond motifs is 2. The Morgan fingerprint density at radius 3 is 2.09 bits per heavy atom. The van der Waals surface area contributed by atoms with Crippen LogP contribution in [-0.4, -0.2) is 63.6 Å². The summed E-state index contributed by atoms with van der Waals surface area (Å²) in [5.74, 6) is -2.21. The molecule has 11 nitrogen and oxygen atoms in total. The second kappa shape index (κ2) is 9.89. The molecule has 0 aromatic heterocycles. The summed E-state index contributed by atoms with van der Waals surface area (Å²) >= 11 is 0. The van der Waals surface area contributed by atoms with Gasteiger partial charge in [-0.1, -0.05) is 36.4 Å². The summed E-state index contributed by atoms with van der Waals surface area (Å²) in [6, 6.07) is 14.8. The fraction of sp³-hybridized carbons (Fsp3) is 0.318. The third-order valence-electron chi connectivity index (χ3n) is 5.09. The monoisotopic (exact) mass is 491 g/mol. The van der Waals surface area contributed by atoms with Crippen molar-refractivity contribution >= 4 is 28.2 Å². The maximum absolute atomic E-state index is 12.7. The summed E-state index contributed by atoms with van der Waals surface area (Å²) in [5, 5.41) is 0. The summed E-state index contributed by atoms with van der Waals surface area (Å²) in [4.78, 5) is 36.7. The molecule has 2 heterocycles. The lowest BCUT2D eigenvalue weighted by atomic mass is 9.97. The van der Waals surface area contributed by atoms with Gasteiger partial charge in [0.15, 0.2) is 6.10 Å². The number of rotatable bonds is 6. The number of nitrogens with one attached hydrogen (secondary N) is 1. The summed E-state index contributed by atoms with van der Waals surface area (Å²) in [6.07, 6.45) is -5.34. The van der Waals surface area contributed by atoms with E-state index in [4.69, 9.17) is 23.1 Å². The van der Waals surface area contributed by atoms with Crippen LogP contribution in [0.2, 0.25) is 0 Å². The van der Waals surface area contributed by atoms with Crippen molar-refractivity contribution in [2.45, 2.75) is 37.6 Å². The van der Waals surface area contributed by atoms with Crippen LogP contribution in [-0.2, 0) is 38.2 Å². The summed E-state index contributed by atoms with van der Waals surface area (Å²) in [5.41, 5.74) is 0.477. The van der Waals surface area contributed by atoms with Gasteiger partial charge in [-0.3, -0.25) is 4.79 Å². The molecule has 2 bridgehead atoms. The van der Waals surface area contributed by atoms with E-state index in [-0.39, 0.29) is 11.1 Å². The number of ether oxygens (including phenoxy) is 4. The number of hydrogen-bond acceptors (Lipinski definition) is 10. The molecule has 0 aliphatic carbocycles. The maximum Gasteiger partial charge on any atom is 0.338 e. The molecule has 180 valence electrons. The molecule has 2 aliphatic heterocycles. The molecule has 5 atom stereocenters. The minimum absolute atomic E-state index is 0.214. The molecule has 0 spiro atoms. The molecule has 0 amide bonds. The zero-order valence-corrected chi connectivity index (χ0v) is 18.7. The first-order chi connectivity index (χ1) is 16.2. The summed E-state index contributed by atoms with van der Waals surface area (Å²) in [7, 11) is -4.32. The molecule has 2 aromatic rings. The standard InChI is InChI=1S/C22H21NO10S/c1-13(24)30-22-17-19(32-21(26)15-10-6-3-7-11-15)18(33-34(27,28)23-17)16(31-22)12-29-20(25)14-8-4-2-5-9-14/h2-11,16-19,22-23H,12H2,1H3/t16-,17-,18-,19-,22-/m1/s1. The van der Waals surface area contributed by atoms with E-state index < -0.39 is 65.5 Å². The van der Waals surface area contributed by atoms with Gasteiger partial charge in [0.25, 0.3) is 0 Å². The molecule has 2 aliphatic rings. The molecule has 0 unspecified atom stereocenters. The molecule has 4 rings (SSSR count). The second-order valence-corrected chi connectivity index (χ2v) is 8.85. The van der Waals surface area contributed by atoms with E-state index in [0.717, 1.165) is 6.92 Å². The van der Waals surface area contributed by atoms with Crippen LogP contribution in [0.4, 0.5) is 0 Å². The Balaban J connectivity index is 1.59. The first kappa shape index (κ1) is 23.8. The Hall–Kier alpha value is -3.32. The number of benzene rings is 2. The molecule has 1 N–H and O–H groups in total. The van der Waals surface area contributed by atoms with E-state index in [1.54, 1.807) is 36.4 Å². The van der Waals surface area contributed by atoms with E-state index >= 15 is 0 Å². The van der Waals surface area contributed by atoms with Crippen molar-refractivity contribution in [3.8, 4) is 0 Å². The lowest BCUT2D eigenvalue weighted by Crippen LogP contribution is -2.71. The highest BCUT2D eigenvalue weighted by atomic mass is 32.2. The predicted octanol–water partition coefficient (Wildman–Crippen LogP) is 0.959. The van der Waals surface area contributed by atoms with E-state index in [2.05, 4.69) is 4.72 Å². The number of carbonyl (C=O) groups excluding carboxylic acids is 3. The molecule has 0 saturated carbocycles. The molecular weight excluding hydrogens is 470 g/mol. The Labute approximate surface area is 195 Å². The third-order valence-corrected chi connectivity index (χ3v) is 6.12. The topological polar surface area (TPSA) is 144 Å². The SMILES string of the molecule is CC(=O)O[C@@H]1O[C@H](COC(=O)c2ccccc2)[C@H]2OS(=O)(=O)N[C@@H]1[C@H]2OC(=O)c1ccccc1. The largest absolute Gasteiger partial charge is 0.459 e. The molecule has 2 fully saturated rings. The van der Waals surface area contributed by atoms with Gasteiger partial charge >= 0.3 is 28.2 Å². The maximum atomic E-state index is 12.7. The smallest absolute Gasteiger partial charge is 0.338 e. The predicted molar refractivity (Wildman–Crippen MR) is 114 cm³/mol. The Morgan fingerprint density at radius 2 is 1.50 bits per heavy atom. The van der Waals surface area contributed by atoms with Crippen LogP contribution < -0.4 is 4.72 Å². The lowest BCUT2D eigenvalue weighted by molar-refractivity contribution is -0.261. The average molecular weight is 491 g/mol. The van der Waals surface area contributed by atoms with Crippen LogP contribution in [0.3, 0.4) is 0 Å². The number of carbonyl (C=O) groups is 3. The van der Waals surface area contributed by atoms with E-state index in [1.165, 1.54) is 24.3 Å². The molecule has 12 heteroatoms. The Bertz CT molecular complexity index is 1150. The van der Waals surface area contributed by atoms with Crippen molar-refractivity contribution in [2.24, 2.45) is 0 Å². The van der Waals surface area contributed by atoms with Crippen LogP contribution in [0.1, 0.15) is 27.6 Å². The van der Waals surface area contributed by atoms with Crippen molar-refractivity contribution in [1.82, 2.24) is 4.72 Å². The molecule has 0 radical (unpaired) electrons. The number of esters is 3.